The first-order valence-electron chi connectivity index (χ1n) is 12.9. The maximum absolute atomic E-state index is 2.34. The van der Waals surface area contributed by atoms with Crippen LogP contribution in [-0.2, 0) is 5.41 Å². The van der Waals surface area contributed by atoms with E-state index in [0.717, 1.165) is 0 Å². The van der Waals surface area contributed by atoms with Gasteiger partial charge in [-0.2, -0.15) is 0 Å². The van der Waals surface area contributed by atoms with E-state index in [-0.39, 0.29) is 0 Å². The van der Waals surface area contributed by atoms with Crippen molar-refractivity contribution in [3.8, 4) is 33.4 Å². The van der Waals surface area contributed by atoms with E-state index in [0.29, 0.717) is 0 Å². The van der Waals surface area contributed by atoms with Crippen LogP contribution in [0, 0.1) is 0 Å². The van der Waals surface area contributed by atoms with Gasteiger partial charge in [0, 0.05) is 0 Å². The lowest BCUT2D eigenvalue weighted by Gasteiger charge is -2.37. The third kappa shape index (κ3) is 3.23. The lowest BCUT2D eigenvalue weighted by molar-refractivity contribution is 0.772. The first-order chi connectivity index (χ1) is 18.4. The van der Waals surface area contributed by atoms with Gasteiger partial charge in [-0.15, -0.1) is 0 Å². The number of rotatable bonds is 4. The van der Waals surface area contributed by atoms with Crippen molar-refractivity contribution in [2.45, 2.75) is 5.41 Å². The fourth-order valence-electron chi connectivity index (χ4n) is 6.32. The van der Waals surface area contributed by atoms with E-state index in [2.05, 4.69) is 158 Å². The van der Waals surface area contributed by atoms with Gasteiger partial charge in [0.2, 0.25) is 0 Å². The molecule has 1 aliphatic carbocycles. The lowest BCUT2D eigenvalue weighted by Crippen LogP contribution is -2.30. The summed E-state index contributed by atoms with van der Waals surface area (Å²) in [6, 6.07) is 57.5. The number of benzene rings is 6. The van der Waals surface area contributed by atoms with Gasteiger partial charge in [-0.05, 0) is 55.6 Å². The van der Waals surface area contributed by atoms with Crippen LogP contribution in [0.3, 0.4) is 0 Å². The fourth-order valence-corrected chi connectivity index (χ4v) is 6.32. The van der Waals surface area contributed by atoms with Gasteiger partial charge >= 0.3 is 0 Å². The molecule has 0 nitrogen and oxygen atoms in total. The van der Waals surface area contributed by atoms with Crippen LogP contribution in [-0.4, -0.2) is 0 Å². The second-order valence-corrected chi connectivity index (χ2v) is 9.66. The number of fused-ring (bicyclic) bond motifs is 3. The molecule has 1 aliphatic rings. The Kier molecular flexibility index (Phi) is 5.11. The van der Waals surface area contributed by atoms with Crippen LogP contribution in [0.25, 0.3) is 33.4 Å². The summed E-state index contributed by atoms with van der Waals surface area (Å²) in [6.45, 7) is 0. The summed E-state index contributed by atoms with van der Waals surface area (Å²) in [5.41, 5.74) is 12.4. The second kappa shape index (κ2) is 8.76. The average molecular weight is 471 g/mol. The van der Waals surface area contributed by atoms with E-state index in [1.807, 2.05) is 0 Å². The van der Waals surface area contributed by atoms with Crippen molar-refractivity contribution >= 4 is 0 Å². The van der Waals surface area contributed by atoms with E-state index in [9.17, 15) is 0 Å². The first-order valence-corrected chi connectivity index (χ1v) is 12.9. The van der Waals surface area contributed by atoms with Gasteiger partial charge in [-0.1, -0.05) is 158 Å². The molecule has 7 rings (SSSR count). The topological polar surface area (TPSA) is 0 Å². The lowest BCUT2D eigenvalue weighted by atomic mass is 9.64. The van der Waals surface area contributed by atoms with Crippen LogP contribution < -0.4 is 0 Å². The third-order valence-electron chi connectivity index (χ3n) is 7.78. The van der Waals surface area contributed by atoms with Crippen molar-refractivity contribution < 1.29 is 0 Å². The molecule has 0 aliphatic heterocycles. The van der Waals surface area contributed by atoms with Crippen molar-refractivity contribution in [2.75, 3.05) is 0 Å². The zero-order chi connectivity index (χ0) is 24.7. The molecule has 0 fully saturated rings. The maximum atomic E-state index is 2.34. The summed E-state index contributed by atoms with van der Waals surface area (Å²) in [5.74, 6) is 0. The van der Waals surface area contributed by atoms with Gasteiger partial charge in [-0.3, -0.25) is 0 Å². The molecule has 6 aromatic carbocycles. The summed E-state index contributed by atoms with van der Waals surface area (Å²) < 4.78 is 0. The molecule has 0 heteroatoms. The minimum Gasteiger partial charge on any atom is -0.0622 e. The van der Waals surface area contributed by atoms with E-state index in [4.69, 9.17) is 0 Å². The predicted octanol–water partition coefficient (Wildman–Crippen LogP) is 9.38. The monoisotopic (exact) mass is 470 g/mol. The minimum absolute atomic E-state index is 0.466. The molecule has 0 spiro atoms. The van der Waals surface area contributed by atoms with E-state index < -0.39 is 5.41 Å². The summed E-state index contributed by atoms with van der Waals surface area (Å²) in [7, 11) is 0. The fraction of sp³-hybridized carbons (Fsp3) is 0.0270. The molecule has 0 heterocycles. The second-order valence-electron chi connectivity index (χ2n) is 9.66. The van der Waals surface area contributed by atoms with Crippen LogP contribution in [0.4, 0.5) is 0 Å². The standard InChI is InChI=1S/C37H26/c1-3-15-27(16-4-1)29-19-7-11-23-33(29)37(34-24-12-8-20-30(34)28-17-5-2-6-18-28)35-25-13-9-21-31(35)32-22-10-14-26-36(32)37/h1-26H. The molecule has 0 saturated heterocycles. The molecule has 0 N–H and O–H groups in total. The highest BCUT2D eigenvalue weighted by Gasteiger charge is 2.48. The quantitative estimate of drug-likeness (QED) is 0.240. The molecule has 37 heavy (non-hydrogen) atoms. The van der Waals surface area contributed by atoms with Crippen LogP contribution in [0.15, 0.2) is 158 Å². The maximum Gasteiger partial charge on any atom is 0.0725 e. The van der Waals surface area contributed by atoms with Gasteiger partial charge in [0.25, 0.3) is 0 Å². The van der Waals surface area contributed by atoms with Gasteiger partial charge in [0.1, 0.15) is 0 Å². The van der Waals surface area contributed by atoms with Crippen molar-refractivity contribution in [1.82, 2.24) is 0 Å². The van der Waals surface area contributed by atoms with Gasteiger partial charge in [-0.25, -0.2) is 0 Å². The van der Waals surface area contributed by atoms with Gasteiger partial charge < -0.3 is 0 Å². The molecular formula is C37H26. The third-order valence-corrected chi connectivity index (χ3v) is 7.78. The highest BCUT2D eigenvalue weighted by atomic mass is 14.5. The van der Waals surface area contributed by atoms with Crippen molar-refractivity contribution in [2.24, 2.45) is 0 Å². The highest BCUT2D eigenvalue weighted by Crippen LogP contribution is 2.59. The van der Waals surface area contributed by atoms with Crippen molar-refractivity contribution in [1.29, 1.82) is 0 Å². The van der Waals surface area contributed by atoms with Crippen molar-refractivity contribution in [3.63, 3.8) is 0 Å². The molecular weight excluding hydrogens is 444 g/mol. The normalized spacial score (nSPS) is 13.1. The summed E-state index contributed by atoms with van der Waals surface area (Å²) in [5, 5.41) is 0. The largest absolute Gasteiger partial charge is 0.0725 e. The Balaban J connectivity index is 1.67. The SMILES string of the molecule is c1ccc(-c2ccccc2C2(c3ccccc3-c3ccccc3)c3ccccc3-c3ccccc32)cc1. The Morgan fingerprint density at radius 1 is 0.243 bits per heavy atom. The van der Waals surface area contributed by atoms with Crippen LogP contribution >= 0.6 is 0 Å². The summed E-state index contributed by atoms with van der Waals surface area (Å²) in [4.78, 5) is 0. The van der Waals surface area contributed by atoms with E-state index in [1.54, 1.807) is 0 Å². The summed E-state index contributed by atoms with van der Waals surface area (Å²) in [6.07, 6.45) is 0. The Hall–Kier alpha value is -4.68. The molecule has 174 valence electrons. The Bertz CT molecular complexity index is 1580. The molecule has 0 amide bonds. The average Bonchev–Trinajstić information content (AvgIpc) is 3.29. The molecule has 0 bridgehead atoms. The Morgan fingerprint density at radius 2 is 0.514 bits per heavy atom. The predicted molar refractivity (Wildman–Crippen MR) is 155 cm³/mol. The van der Waals surface area contributed by atoms with Gasteiger partial charge in [0.15, 0.2) is 0 Å². The minimum atomic E-state index is -0.466. The van der Waals surface area contributed by atoms with Gasteiger partial charge in [0.05, 0.1) is 5.41 Å². The molecule has 0 unspecified atom stereocenters. The zero-order valence-corrected chi connectivity index (χ0v) is 20.5. The molecule has 0 saturated carbocycles. The van der Waals surface area contributed by atoms with E-state index in [1.165, 1.54) is 55.6 Å². The van der Waals surface area contributed by atoms with E-state index >= 15 is 0 Å². The van der Waals surface area contributed by atoms with Crippen LogP contribution in [0.1, 0.15) is 22.3 Å². The Labute approximate surface area is 218 Å². The van der Waals surface area contributed by atoms with Crippen molar-refractivity contribution in [3.05, 3.63) is 180 Å². The van der Waals surface area contributed by atoms with Crippen LogP contribution in [0.2, 0.25) is 0 Å². The first kappa shape index (κ1) is 21.6. The zero-order valence-electron chi connectivity index (χ0n) is 20.5. The number of hydrogen-bond donors (Lipinski definition) is 0. The molecule has 0 atom stereocenters. The van der Waals surface area contributed by atoms with Crippen LogP contribution in [0.5, 0.6) is 0 Å². The summed E-state index contributed by atoms with van der Waals surface area (Å²) >= 11 is 0. The Morgan fingerprint density at radius 3 is 0.892 bits per heavy atom. The number of hydrogen-bond acceptors (Lipinski definition) is 0. The smallest absolute Gasteiger partial charge is 0.0622 e. The molecule has 6 aromatic rings. The molecule has 0 aromatic heterocycles. The highest BCUT2D eigenvalue weighted by molar-refractivity contribution is 5.91. The molecule has 0 radical (unpaired) electrons.